The first kappa shape index (κ1) is 15.2. The molecule has 5 nitrogen and oxygen atoms in total. The van der Waals surface area contributed by atoms with Gasteiger partial charge in [0.2, 0.25) is 5.89 Å². The average Bonchev–Trinajstić information content (AvgIpc) is 3.15. The fourth-order valence-corrected chi connectivity index (χ4v) is 2.80. The largest absolute Gasteiger partial charge is 0.403 e. The van der Waals surface area contributed by atoms with E-state index in [9.17, 15) is 4.79 Å². The molecule has 3 rings (SSSR count). The smallest absolute Gasteiger partial charge is 0.322 e. The third-order valence-corrected chi connectivity index (χ3v) is 3.90. The maximum absolute atomic E-state index is 11.8. The molecule has 6 heteroatoms. The van der Waals surface area contributed by atoms with Gasteiger partial charge in [-0.1, -0.05) is 28.4 Å². The minimum absolute atomic E-state index is 0.0833. The molecule has 0 saturated carbocycles. The Kier molecular flexibility index (Phi) is 4.34. The van der Waals surface area contributed by atoms with Crippen molar-refractivity contribution in [3.05, 3.63) is 57.8 Å². The summed E-state index contributed by atoms with van der Waals surface area (Å²) in [5, 5.41) is 12.3. The van der Waals surface area contributed by atoms with Crippen LogP contribution in [0.4, 0.5) is 6.01 Å². The van der Waals surface area contributed by atoms with Gasteiger partial charge < -0.3 is 4.42 Å². The number of carbonyl (C=O) groups is 1. The molecule has 1 amide bonds. The summed E-state index contributed by atoms with van der Waals surface area (Å²) >= 11 is 1.56. The van der Waals surface area contributed by atoms with Crippen LogP contribution in [0.2, 0.25) is 0 Å². The fourth-order valence-electron chi connectivity index (χ4n) is 2.18. The number of aryl methyl sites for hydroxylation is 2. The Morgan fingerprint density at radius 3 is 2.70 bits per heavy atom. The van der Waals surface area contributed by atoms with Crippen LogP contribution in [-0.2, 0) is 4.79 Å². The van der Waals surface area contributed by atoms with Crippen molar-refractivity contribution in [2.45, 2.75) is 13.8 Å². The highest BCUT2D eigenvalue weighted by atomic mass is 32.1. The normalized spacial score (nSPS) is 11.0. The molecule has 0 radical (unpaired) electrons. The Hall–Kier alpha value is -2.73. The summed E-state index contributed by atoms with van der Waals surface area (Å²) in [5.74, 6) is 0.0726. The minimum atomic E-state index is -0.311. The number of hydrogen-bond donors (Lipinski definition) is 1. The molecule has 0 aliphatic carbocycles. The lowest BCUT2D eigenvalue weighted by Crippen LogP contribution is -2.07. The lowest BCUT2D eigenvalue weighted by Gasteiger charge is -2.00. The van der Waals surface area contributed by atoms with Crippen LogP contribution in [0.5, 0.6) is 0 Å². The third kappa shape index (κ3) is 3.92. The SMILES string of the molecule is Cc1cc(C)cc(-c2nnc(NC(=O)/C=C/c3cccs3)o2)c1. The molecule has 1 aromatic carbocycles. The maximum atomic E-state index is 11.8. The topological polar surface area (TPSA) is 68.0 Å². The van der Waals surface area contributed by atoms with E-state index in [1.807, 2.05) is 43.5 Å². The maximum Gasteiger partial charge on any atom is 0.322 e. The number of anilines is 1. The Morgan fingerprint density at radius 1 is 1.22 bits per heavy atom. The number of hydrogen-bond acceptors (Lipinski definition) is 5. The number of rotatable bonds is 4. The zero-order valence-corrected chi connectivity index (χ0v) is 13.6. The van der Waals surface area contributed by atoms with Crippen molar-refractivity contribution in [1.82, 2.24) is 10.2 Å². The molecule has 116 valence electrons. The van der Waals surface area contributed by atoms with Crippen molar-refractivity contribution < 1.29 is 9.21 Å². The Labute approximate surface area is 137 Å². The molecule has 1 N–H and O–H groups in total. The number of nitrogens with one attached hydrogen (secondary N) is 1. The molecule has 0 fully saturated rings. The van der Waals surface area contributed by atoms with Crippen molar-refractivity contribution >= 4 is 29.3 Å². The van der Waals surface area contributed by atoms with Gasteiger partial charge in [0.1, 0.15) is 0 Å². The average molecular weight is 325 g/mol. The first-order valence-corrected chi connectivity index (χ1v) is 7.93. The predicted octanol–water partition coefficient (Wildman–Crippen LogP) is 4.07. The van der Waals surface area contributed by atoms with E-state index in [4.69, 9.17) is 4.42 Å². The minimum Gasteiger partial charge on any atom is -0.403 e. The lowest BCUT2D eigenvalue weighted by molar-refractivity contribution is -0.112. The molecule has 0 aliphatic rings. The summed E-state index contributed by atoms with van der Waals surface area (Å²) in [6, 6.07) is 9.93. The first-order chi connectivity index (χ1) is 11.1. The molecule has 23 heavy (non-hydrogen) atoms. The van der Waals surface area contributed by atoms with Gasteiger partial charge in [0, 0.05) is 16.5 Å². The fraction of sp³-hybridized carbons (Fsp3) is 0.118. The van der Waals surface area contributed by atoms with E-state index in [0.717, 1.165) is 21.6 Å². The zero-order chi connectivity index (χ0) is 16.2. The van der Waals surface area contributed by atoms with Crippen LogP contribution >= 0.6 is 11.3 Å². The summed E-state index contributed by atoms with van der Waals surface area (Å²) in [4.78, 5) is 12.8. The van der Waals surface area contributed by atoms with Gasteiger partial charge >= 0.3 is 6.01 Å². The standard InChI is InChI=1S/C17H15N3O2S/c1-11-8-12(2)10-13(9-11)16-19-20-17(22-16)18-15(21)6-5-14-4-3-7-23-14/h3-10H,1-2H3,(H,18,20,21)/b6-5+. The van der Waals surface area contributed by atoms with Crippen molar-refractivity contribution in [1.29, 1.82) is 0 Å². The van der Waals surface area contributed by atoms with Crippen molar-refractivity contribution in [2.75, 3.05) is 5.32 Å². The van der Waals surface area contributed by atoms with Crippen molar-refractivity contribution in [2.24, 2.45) is 0 Å². The highest BCUT2D eigenvalue weighted by Crippen LogP contribution is 2.22. The summed E-state index contributed by atoms with van der Waals surface area (Å²) in [6.07, 6.45) is 3.17. The van der Waals surface area contributed by atoms with Gasteiger partial charge in [-0.05, 0) is 43.5 Å². The van der Waals surface area contributed by atoms with E-state index in [0.29, 0.717) is 5.89 Å². The highest BCUT2D eigenvalue weighted by Gasteiger charge is 2.10. The number of benzene rings is 1. The molecule has 2 aromatic heterocycles. The zero-order valence-electron chi connectivity index (χ0n) is 12.7. The Morgan fingerprint density at radius 2 is 2.00 bits per heavy atom. The number of aromatic nitrogens is 2. The van der Waals surface area contributed by atoms with E-state index in [1.54, 1.807) is 17.4 Å². The van der Waals surface area contributed by atoms with Crippen LogP contribution in [0.15, 0.2) is 46.2 Å². The summed E-state index contributed by atoms with van der Waals surface area (Å²) in [5.41, 5.74) is 3.06. The molecule has 0 aliphatic heterocycles. The molecule has 3 aromatic rings. The lowest BCUT2D eigenvalue weighted by atomic mass is 10.1. The van der Waals surface area contributed by atoms with E-state index < -0.39 is 0 Å². The Bertz CT molecular complexity index is 830. The van der Waals surface area contributed by atoms with Gasteiger partial charge in [0.15, 0.2) is 0 Å². The molecular weight excluding hydrogens is 310 g/mol. The molecule has 0 unspecified atom stereocenters. The van der Waals surface area contributed by atoms with Crippen LogP contribution < -0.4 is 5.32 Å². The van der Waals surface area contributed by atoms with Gasteiger partial charge in [-0.25, -0.2) is 0 Å². The molecule has 0 bridgehead atoms. The molecule has 0 saturated heterocycles. The number of carbonyl (C=O) groups excluding carboxylic acids is 1. The summed E-state index contributed by atoms with van der Waals surface area (Å²) in [6.45, 7) is 4.01. The van der Waals surface area contributed by atoms with Crippen LogP contribution in [0.1, 0.15) is 16.0 Å². The third-order valence-electron chi connectivity index (χ3n) is 3.07. The van der Waals surface area contributed by atoms with E-state index in [-0.39, 0.29) is 11.9 Å². The van der Waals surface area contributed by atoms with Crippen LogP contribution in [0, 0.1) is 13.8 Å². The molecule has 2 heterocycles. The van der Waals surface area contributed by atoms with Crippen LogP contribution in [-0.4, -0.2) is 16.1 Å². The van der Waals surface area contributed by atoms with E-state index in [2.05, 4.69) is 21.6 Å². The summed E-state index contributed by atoms with van der Waals surface area (Å²) < 4.78 is 5.50. The van der Waals surface area contributed by atoms with E-state index in [1.165, 1.54) is 6.08 Å². The first-order valence-electron chi connectivity index (χ1n) is 7.05. The number of nitrogens with zero attached hydrogens (tertiary/aromatic N) is 2. The Balaban J connectivity index is 1.70. The summed E-state index contributed by atoms with van der Waals surface area (Å²) in [7, 11) is 0. The van der Waals surface area contributed by atoms with Crippen molar-refractivity contribution in [3.63, 3.8) is 0 Å². The monoisotopic (exact) mass is 325 g/mol. The van der Waals surface area contributed by atoms with Gasteiger partial charge in [-0.15, -0.1) is 16.4 Å². The second-order valence-corrected chi connectivity index (χ2v) is 6.11. The van der Waals surface area contributed by atoms with E-state index >= 15 is 0 Å². The van der Waals surface area contributed by atoms with Gasteiger partial charge in [-0.3, -0.25) is 10.1 Å². The molecular formula is C17H15N3O2S. The quantitative estimate of drug-likeness (QED) is 0.734. The van der Waals surface area contributed by atoms with Gasteiger partial charge in [-0.2, -0.15) is 0 Å². The van der Waals surface area contributed by atoms with Gasteiger partial charge in [0.05, 0.1) is 0 Å². The predicted molar refractivity (Wildman–Crippen MR) is 91.2 cm³/mol. The van der Waals surface area contributed by atoms with Crippen molar-refractivity contribution in [3.8, 4) is 11.5 Å². The van der Waals surface area contributed by atoms with Crippen LogP contribution in [0.3, 0.4) is 0 Å². The second kappa shape index (κ2) is 6.58. The second-order valence-electron chi connectivity index (χ2n) is 5.13. The molecule has 0 spiro atoms. The molecule has 0 atom stereocenters. The highest BCUT2D eigenvalue weighted by molar-refractivity contribution is 7.10. The van der Waals surface area contributed by atoms with Gasteiger partial charge in [0.25, 0.3) is 5.91 Å². The number of amides is 1. The number of thiophene rings is 1. The van der Waals surface area contributed by atoms with Crippen LogP contribution in [0.25, 0.3) is 17.5 Å².